The van der Waals surface area contributed by atoms with E-state index in [1.165, 1.54) is 118 Å². The molecule has 0 heterocycles. The minimum Gasteiger partial charge on any atom is -0.310 e. The van der Waals surface area contributed by atoms with Crippen LogP contribution in [0.4, 0.5) is 34.1 Å². The zero-order chi connectivity index (χ0) is 56.1. The largest absolute Gasteiger partial charge is 0.310 e. The maximum atomic E-state index is 2.66. The predicted octanol–water partition coefficient (Wildman–Crippen LogP) is 21.5. The summed E-state index contributed by atoms with van der Waals surface area (Å²) in [6.45, 7) is 38.4. The van der Waals surface area contributed by atoms with Crippen molar-refractivity contribution < 1.29 is 0 Å². The molecular formula is C78H80N2. The molecule has 0 N–H and O–H groups in total. The third-order valence-corrected chi connectivity index (χ3v) is 20.7. The molecule has 2 heteroatoms. The summed E-state index contributed by atoms with van der Waals surface area (Å²) in [4.78, 5) is 5.04. The van der Waals surface area contributed by atoms with Gasteiger partial charge in [-0.3, -0.25) is 0 Å². The minimum absolute atomic E-state index is 0.0448. The fourth-order valence-electron chi connectivity index (χ4n) is 15.9. The van der Waals surface area contributed by atoms with Crippen LogP contribution in [-0.2, 0) is 32.5 Å². The molecule has 0 bridgehead atoms. The molecule has 0 amide bonds. The molecular weight excluding hydrogens is 965 g/mol. The van der Waals surface area contributed by atoms with Crippen LogP contribution >= 0.6 is 0 Å². The lowest BCUT2D eigenvalue weighted by atomic mass is 9.58. The fourth-order valence-corrected chi connectivity index (χ4v) is 15.9. The summed E-state index contributed by atoms with van der Waals surface area (Å²) in [5.41, 5.74) is 32.4. The van der Waals surface area contributed by atoms with Crippen LogP contribution in [0.5, 0.6) is 0 Å². The highest BCUT2D eigenvalue weighted by Gasteiger charge is 2.53. The fraction of sp³-hybridized carbons (Fsp3) is 0.333. The van der Waals surface area contributed by atoms with Crippen molar-refractivity contribution in [1.82, 2.24) is 0 Å². The predicted molar refractivity (Wildman–Crippen MR) is 342 cm³/mol. The van der Waals surface area contributed by atoms with E-state index in [-0.39, 0.29) is 32.5 Å². The smallest absolute Gasteiger partial charge is 0.0468 e. The Labute approximate surface area is 478 Å². The Balaban J connectivity index is 0.875. The van der Waals surface area contributed by atoms with Gasteiger partial charge in [0.15, 0.2) is 0 Å². The summed E-state index contributed by atoms with van der Waals surface area (Å²) in [6, 6.07) is 57.1. The lowest BCUT2D eigenvalue weighted by molar-refractivity contribution is 0.419. The Hall–Kier alpha value is -7.16. The molecule has 0 saturated carbocycles. The highest BCUT2D eigenvalue weighted by atomic mass is 15.1. The number of aryl methyl sites for hydroxylation is 1. The average Bonchev–Trinajstić information content (AvgIpc) is 4.02. The second kappa shape index (κ2) is 16.7. The third-order valence-electron chi connectivity index (χ3n) is 20.7. The molecule has 80 heavy (non-hydrogen) atoms. The monoisotopic (exact) mass is 1040 g/mol. The molecule has 0 saturated heterocycles. The molecule has 14 rings (SSSR count). The van der Waals surface area contributed by atoms with Crippen molar-refractivity contribution in [3.63, 3.8) is 0 Å². The average molecular weight is 1050 g/mol. The quantitative estimate of drug-likeness (QED) is 0.157. The summed E-state index contributed by atoms with van der Waals surface area (Å²) in [5.74, 6) is 1.14. The van der Waals surface area contributed by atoms with Crippen LogP contribution in [0, 0.1) is 18.8 Å². The standard InChI is InChI=1S/C78H80N2/c1-45-39-61-71-67-57(45)19-17-21-59(67)75(9,10)63-41-55(43-65(69(63)71)77(61,13)14)79(53-35-27-49(28-36-53)73(3,4)5)51-31-23-47(24-32-51)48-25-33-52(34-26-48)80(54-37-29-50(30-38-54)74(6,7)8)56-42-64-70-66(44-56)78(15,16)62-40-46(2)58-20-18-22-60(76(64,11)12)68(58)72(62)70/h17,19,21-44,46,58H,18,20H2,1-16H3. The van der Waals surface area contributed by atoms with Crippen molar-refractivity contribution >= 4 is 50.5 Å². The highest BCUT2D eigenvalue weighted by Crippen LogP contribution is 2.66. The van der Waals surface area contributed by atoms with Crippen LogP contribution < -0.4 is 9.80 Å². The topological polar surface area (TPSA) is 6.48 Å². The van der Waals surface area contributed by atoms with E-state index >= 15 is 0 Å². The van der Waals surface area contributed by atoms with Crippen molar-refractivity contribution in [2.75, 3.05) is 9.80 Å². The molecule has 2 unspecified atom stereocenters. The van der Waals surface area contributed by atoms with Crippen LogP contribution in [0.1, 0.15) is 172 Å². The van der Waals surface area contributed by atoms with Gasteiger partial charge >= 0.3 is 0 Å². The van der Waals surface area contributed by atoms with Crippen molar-refractivity contribution in [3.8, 4) is 22.3 Å². The number of nitrogens with zero attached hydrogens (tertiary/aromatic N) is 2. The van der Waals surface area contributed by atoms with Gasteiger partial charge in [0.25, 0.3) is 0 Å². The molecule has 8 aromatic carbocycles. The molecule has 8 aromatic rings. The molecule has 6 aliphatic rings. The van der Waals surface area contributed by atoms with Gasteiger partial charge in [-0.15, -0.1) is 0 Å². The number of benzene rings is 8. The third kappa shape index (κ3) is 7.08. The zero-order valence-electron chi connectivity index (χ0n) is 50.5. The SMILES string of the molecule is Cc1cc2c3c4c(cccc14)C(C)(C)c1cc(N(c4ccc(-c5ccc(N(c6ccc(C(C)(C)C)cc6)c6cc7c8c(c6)C(C)(C)C6=CCCC9C6=C8C(=CC9C)C7(C)C)cc5)cc4)c4ccc(C(C)(C)C)cc4)cc(c1-3)C2(C)C. The first-order valence-corrected chi connectivity index (χ1v) is 29.9. The Bertz CT molecular complexity index is 4050. The molecule has 0 aliphatic heterocycles. The molecule has 2 nitrogen and oxygen atoms in total. The Morgan fingerprint density at radius 1 is 0.438 bits per heavy atom. The summed E-state index contributed by atoms with van der Waals surface area (Å²) < 4.78 is 0. The van der Waals surface area contributed by atoms with E-state index in [4.69, 9.17) is 0 Å². The normalized spacial score (nSPS) is 19.9. The van der Waals surface area contributed by atoms with Gasteiger partial charge in [0.1, 0.15) is 0 Å². The molecule has 0 aromatic heterocycles. The van der Waals surface area contributed by atoms with E-state index in [2.05, 4.69) is 278 Å². The number of hydrogen-bond donors (Lipinski definition) is 0. The zero-order valence-corrected chi connectivity index (χ0v) is 50.5. The van der Waals surface area contributed by atoms with E-state index in [1.807, 2.05) is 0 Å². The van der Waals surface area contributed by atoms with E-state index in [1.54, 1.807) is 16.7 Å². The van der Waals surface area contributed by atoms with Crippen LogP contribution in [0.25, 0.3) is 38.6 Å². The molecule has 0 radical (unpaired) electrons. The summed E-state index contributed by atoms with van der Waals surface area (Å²) in [6.07, 6.45) is 7.66. The van der Waals surface area contributed by atoms with Gasteiger partial charge in [0.05, 0.1) is 0 Å². The first-order chi connectivity index (χ1) is 37.8. The second-order valence-corrected chi connectivity index (χ2v) is 29.1. The molecule has 6 aliphatic carbocycles. The van der Waals surface area contributed by atoms with Gasteiger partial charge < -0.3 is 9.80 Å². The highest BCUT2D eigenvalue weighted by molar-refractivity contribution is 6.10. The minimum atomic E-state index is -0.195. The van der Waals surface area contributed by atoms with E-state index in [9.17, 15) is 0 Å². The van der Waals surface area contributed by atoms with Crippen LogP contribution in [0.3, 0.4) is 0 Å². The van der Waals surface area contributed by atoms with E-state index in [0.717, 1.165) is 23.5 Å². The van der Waals surface area contributed by atoms with Crippen LogP contribution in [0.15, 0.2) is 174 Å². The van der Waals surface area contributed by atoms with Gasteiger partial charge in [-0.2, -0.15) is 0 Å². The maximum absolute atomic E-state index is 2.66. The second-order valence-electron chi connectivity index (χ2n) is 29.1. The maximum Gasteiger partial charge on any atom is 0.0468 e. The summed E-state index contributed by atoms with van der Waals surface area (Å²) >= 11 is 0. The van der Waals surface area contributed by atoms with Crippen molar-refractivity contribution in [3.05, 3.63) is 230 Å². The van der Waals surface area contributed by atoms with Gasteiger partial charge in [-0.1, -0.05) is 189 Å². The lowest BCUT2D eigenvalue weighted by Crippen LogP contribution is -2.34. The van der Waals surface area contributed by atoms with Gasteiger partial charge in [0.2, 0.25) is 0 Å². The van der Waals surface area contributed by atoms with Crippen molar-refractivity contribution in [2.45, 2.75) is 156 Å². The van der Waals surface area contributed by atoms with Crippen molar-refractivity contribution in [1.29, 1.82) is 0 Å². The number of allylic oxidation sites excluding steroid dienone is 6. The van der Waals surface area contributed by atoms with Gasteiger partial charge in [-0.05, 0) is 226 Å². The molecule has 0 spiro atoms. The van der Waals surface area contributed by atoms with E-state index < -0.39 is 0 Å². The lowest BCUT2D eigenvalue weighted by Gasteiger charge is -2.46. The molecule has 402 valence electrons. The molecule has 0 fully saturated rings. The summed E-state index contributed by atoms with van der Waals surface area (Å²) in [5, 5.41) is 2.83. The number of hydrogen-bond acceptors (Lipinski definition) is 2. The van der Waals surface area contributed by atoms with Crippen LogP contribution in [-0.4, -0.2) is 0 Å². The van der Waals surface area contributed by atoms with Crippen LogP contribution in [0.2, 0.25) is 0 Å². The van der Waals surface area contributed by atoms with Crippen molar-refractivity contribution in [2.24, 2.45) is 11.8 Å². The first-order valence-electron chi connectivity index (χ1n) is 29.9. The molecule has 2 atom stereocenters. The number of rotatable bonds is 7. The Morgan fingerprint density at radius 3 is 1.34 bits per heavy atom. The van der Waals surface area contributed by atoms with E-state index in [0.29, 0.717) is 11.8 Å². The first kappa shape index (κ1) is 51.0. The number of anilines is 6. The van der Waals surface area contributed by atoms with Gasteiger partial charge in [0, 0.05) is 55.8 Å². The van der Waals surface area contributed by atoms with Gasteiger partial charge in [-0.25, -0.2) is 0 Å². The Kier molecular flexibility index (Phi) is 10.7. The Morgan fingerprint density at radius 2 is 0.863 bits per heavy atom. The summed E-state index contributed by atoms with van der Waals surface area (Å²) in [7, 11) is 0.